The van der Waals surface area contributed by atoms with Gasteiger partial charge in [0.2, 0.25) is 5.95 Å². The first kappa shape index (κ1) is 19.2. The Morgan fingerprint density at radius 2 is 1.68 bits per heavy atom. The van der Waals surface area contributed by atoms with E-state index in [2.05, 4.69) is 15.3 Å². The number of nitrogens with one attached hydrogen (secondary N) is 1. The van der Waals surface area contributed by atoms with Gasteiger partial charge in [0.25, 0.3) is 0 Å². The molecule has 3 rings (SSSR count). The zero-order valence-corrected chi connectivity index (χ0v) is 14.5. The fourth-order valence-corrected chi connectivity index (χ4v) is 2.38. The molecule has 3 aromatic rings. The van der Waals surface area contributed by atoms with Crippen molar-refractivity contribution in [1.29, 1.82) is 0 Å². The number of carbonyl (C=O) groups is 1. The van der Waals surface area contributed by atoms with Gasteiger partial charge >= 0.3 is 12.1 Å². The van der Waals surface area contributed by atoms with Crippen molar-refractivity contribution in [2.45, 2.75) is 6.18 Å². The molecule has 6 nitrogen and oxygen atoms in total. The summed E-state index contributed by atoms with van der Waals surface area (Å²) in [6.07, 6.45) is -4.66. The molecule has 144 valence electrons. The van der Waals surface area contributed by atoms with Crippen LogP contribution in [0.3, 0.4) is 0 Å². The Morgan fingerprint density at radius 3 is 2.21 bits per heavy atom. The minimum absolute atomic E-state index is 0.0504. The molecule has 2 aromatic carbocycles. The van der Waals surface area contributed by atoms with Crippen molar-refractivity contribution in [3.8, 4) is 17.0 Å². The number of benzene rings is 2. The molecule has 0 saturated carbocycles. The van der Waals surface area contributed by atoms with E-state index in [0.717, 1.165) is 6.07 Å². The first-order valence-electron chi connectivity index (χ1n) is 7.97. The van der Waals surface area contributed by atoms with Crippen LogP contribution in [0.1, 0.15) is 16.1 Å². The van der Waals surface area contributed by atoms with Crippen molar-refractivity contribution in [2.75, 3.05) is 12.4 Å². The maximum Gasteiger partial charge on any atom is 0.433 e. The molecule has 0 unspecified atom stereocenters. The standard InChI is InChI=1S/C19H14F3N3O3/c1-28-14-8-4-11(5-9-14)15-10-16(19(20,21)22)25-18(24-15)23-13-6-2-12(3-7-13)17(26)27/h2-10H,1H3,(H,26,27)(H,23,24,25). The lowest BCUT2D eigenvalue weighted by Gasteiger charge is -2.12. The first-order chi connectivity index (χ1) is 13.3. The fourth-order valence-electron chi connectivity index (χ4n) is 2.38. The highest BCUT2D eigenvalue weighted by Crippen LogP contribution is 2.32. The summed E-state index contributed by atoms with van der Waals surface area (Å²) in [4.78, 5) is 18.6. The highest BCUT2D eigenvalue weighted by molar-refractivity contribution is 5.88. The van der Waals surface area contributed by atoms with Gasteiger partial charge in [-0.15, -0.1) is 0 Å². The van der Waals surface area contributed by atoms with Crippen LogP contribution in [0, 0.1) is 0 Å². The number of aromatic nitrogens is 2. The molecule has 2 N–H and O–H groups in total. The fraction of sp³-hybridized carbons (Fsp3) is 0.105. The van der Waals surface area contributed by atoms with Crippen LogP contribution < -0.4 is 10.1 Å². The quantitative estimate of drug-likeness (QED) is 0.663. The molecule has 0 atom stereocenters. The Labute approximate surface area is 157 Å². The zero-order valence-electron chi connectivity index (χ0n) is 14.5. The van der Waals surface area contributed by atoms with E-state index in [0.29, 0.717) is 17.0 Å². The number of alkyl halides is 3. The number of rotatable bonds is 5. The third-order valence-corrected chi connectivity index (χ3v) is 3.79. The van der Waals surface area contributed by atoms with E-state index in [1.165, 1.54) is 31.4 Å². The number of carboxylic acid groups (broad SMARTS) is 1. The molecule has 0 spiro atoms. The number of hydrogen-bond acceptors (Lipinski definition) is 5. The molecule has 1 aromatic heterocycles. The number of halogens is 3. The molecule has 0 aliphatic carbocycles. The Balaban J connectivity index is 1.98. The van der Waals surface area contributed by atoms with Crippen molar-refractivity contribution in [2.24, 2.45) is 0 Å². The Hall–Kier alpha value is -3.62. The highest BCUT2D eigenvalue weighted by atomic mass is 19.4. The minimum Gasteiger partial charge on any atom is -0.497 e. The molecule has 28 heavy (non-hydrogen) atoms. The van der Waals surface area contributed by atoms with Crippen LogP contribution in [0.5, 0.6) is 5.75 Å². The maximum atomic E-state index is 13.3. The van der Waals surface area contributed by atoms with Crippen molar-refractivity contribution in [1.82, 2.24) is 9.97 Å². The molecule has 9 heteroatoms. The van der Waals surface area contributed by atoms with Gasteiger partial charge in [0.05, 0.1) is 18.4 Å². The van der Waals surface area contributed by atoms with E-state index in [4.69, 9.17) is 9.84 Å². The number of anilines is 2. The Morgan fingerprint density at radius 1 is 1.04 bits per heavy atom. The van der Waals surface area contributed by atoms with E-state index in [1.807, 2.05) is 0 Å². The van der Waals surface area contributed by atoms with Crippen LogP contribution in [0.15, 0.2) is 54.6 Å². The van der Waals surface area contributed by atoms with Crippen molar-refractivity contribution in [3.05, 3.63) is 65.9 Å². The van der Waals surface area contributed by atoms with Gasteiger partial charge in [-0.05, 0) is 54.6 Å². The third-order valence-electron chi connectivity index (χ3n) is 3.79. The Kier molecular flexibility index (Phi) is 5.16. The number of ether oxygens (including phenoxy) is 1. The van der Waals surface area contributed by atoms with Gasteiger partial charge in [-0.3, -0.25) is 0 Å². The van der Waals surface area contributed by atoms with Gasteiger partial charge in [0.15, 0.2) is 5.69 Å². The summed E-state index contributed by atoms with van der Waals surface area (Å²) < 4.78 is 44.8. The van der Waals surface area contributed by atoms with Crippen LogP contribution in [0.2, 0.25) is 0 Å². The maximum absolute atomic E-state index is 13.3. The smallest absolute Gasteiger partial charge is 0.433 e. The molecular formula is C19H14F3N3O3. The average Bonchev–Trinajstić information content (AvgIpc) is 2.67. The number of nitrogens with zero attached hydrogens (tertiary/aromatic N) is 2. The first-order valence-corrected chi connectivity index (χ1v) is 7.97. The molecule has 1 heterocycles. The summed E-state index contributed by atoms with van der Waals surface area (Å²) in [5.74, 6) is -0.807. The molecule has 0 saturated heterocycles. The molecular weight excluding hydrogens is 375 g/mol. The second-order valence-electron chi connectivity index (χ2n) is 5.70. The van der Waals surface area contributed by atoms with Crippen LogP contribution in [0.25, 0.3) is 11.3 Å². The summed E-state index contributed by atoms with van der Waals surface area (Å²) in [7, 11) is 1.49. The molecule has 0 aliphatic rings. The molecule has 0 radical (unpaired) electrons. The summed E-state index contributed by atoms with van der Waals surface area (Å²) in [6, 6.07) is 12.7. The lowest BCUT2D eigenvalue weighted by Crippen LogP contribution is -2.11. The van der Waals surface area contributed by atoms with E-state index in [-0.39, 0.29) is 17.2 Å². The second-order valence-corrected chi connectivity index (χ2v) is 5.70. The monoisotopic (exact) mass is 389 g/mol. The van der Waals surface area contributed by atoms with Gasteiger partial charge in [-0.25, -0.2) is 14.8 Å². The van der Waals surface area contributed by atoms with Gasteiger partial charge < -0.3 is 15.2 Å². The Bertz CT molecular complexity index is 988. The highest BCUT2D eigenvalue weighted by Gasteiger charge is 2.33. The summed E-state index contributed by atoms with van der Waals surface area (Å²) in [5.41, 5.74) is -0.162. The normalized spacial score (nSPS) is 11.1. The number of methoxy groups -OCH3 is 1. The van der Waals surface area contributed by atoms with Crippen LogP contribution in [0.4, 0.5) is 24.8 Å². The SMILES string of the molecule is COc1ccc(-c2cc(C(F)(F)F)nc(Nc3ccc(C(=O)O)cc3)n2)cc1. The van der Waals surface area contributed by atoms with Gasteiger partial charge in [0, 0.05) is 11.3 Å². The van der Waals surface area contributed by atoms with Crippen LogP contribution >= 0.6 is 0 Å². The number of hydrogen-bond donors (Lipinski definition) is 2. The summed E-state index contributed by atoms with van der Waals surface area (Å²) >= 11 is 0. The lowest BCUT2D eigenvalue weighted by molar-refractivity contribution is -0.141. The van der Waals surface area contributed by atoms with Gasteiger partial charge in [0.1, 0.15) is 5.75 Å². The topological polar surface area (TPSA) is 84.3 Å². The van der Waals surface area contributed by atoms with E-state index >= 15 is 0 Å². The third kappa shape index (κ3) is 4.37. The van der Waals surface area contributed by atoms with Gasteiger partial charge in [-0.2, -0.15) is 13.2 Å². The molecule has 0 amide bonds. The minimum atomic E-state index is -4.66. The van der Waals surface area contributed by atoms with E-state index in [9.17, 15) is 18.0 Å². The molecule has 0 aliphatic heterocycles. The van der Waals surface area contributed by atoms with Gasteiger partial charge in [-0.1, -0.05) is 0 Å². The lowest BCUT2D eigenvalue weighted by atomic mass is 10.1. The zero-order chi connectivity index (χ0) is 20.3. The molecule has 0 bridgehead atoms. The number of carboxylic acids is 1. The average molecular weight is 389 g/mol. The van der Waals surface area contributed by atoms with E-state index < -0.39 is 17.8 Å². The van der Waals surface area contributed by atoms with E-state index in [1.54, 1.807) is 24.3 Å². The predicted molar refractivity (Wildman–Crippen MR) is 95.7 cm³/mol. The predicted octanol–water partition coefficient (Wildman–Crippen LogP) is 4.61. The second kappa shape index (κ2) is 7.55. The van der Waals surface area contributed by atoms with Crippen LogP contribution in [-0.2, 0) is 6.18 Å². The summed E-state index contributed by atoms with van der Waals surface area (Å²) in [6.45, 7) is 0. The van der Waals surface area contributed by atoms with Crippen molar-refractivity contribution in [3.63, 3.8) is 0 Å². The van der Waals surface area contributed by atoms with Crippen molar-refractivity contribution < 1.29 is 27.8 Å². The van der Waals surface area contributed by atoms with Crippen molar-refractivity contribution >= 4 is 17.6 Å². The summed E-state index contributed by atoms with van der Waals surface area (Å²) in [5, 5.41) is 11.6. The molecule has 0 fully saturated rings. The van der Waals surface area contributed by atoms with Crippen LogP contribution in [-0.4, -0.2) is 28.2 Å². The number of aromatic carboxylic acids is 1. The largest absolute Gasteiger partial charge is 0.497 e.